The molecule has 1 aromatic rings. The number of urea groups is 1. The van der Waals surface area contributed by atoms with Gasteiger partial charge in [0.05, 0.1) is 0 Å². The van der Waals surface area contributed by atoms with Gasteiger partial charge in [-0.1, -0.05) is 12.1 Å². The van der Waals surface area contributed by atoms with Crippen LogP contribution in [0.25, 0.3) is 0 Å². The zero-order valence-corrected chi connectivity index (χ0v) is 10.5. The van der Waals surface area contributed by atoms with E-state index in [9.17, 15) is 4.79 Å². The standard InChI is InChI=1S/C13H20N2O/c1-9-7-11(3)12(8-10(9)2)5-6-15-13(16)14-4/h7-8H,5-6H2,1-4H3,(H2,14,15,16). The molecule has 0 aliphatic rings. The van der Waals surface area contributed by atoms with Gasteiger partial charge in [0, 0.05) is 13.6 Å². The maximum absolute atomic E-state index is 11.0. The average Bonchev–Trinajstić information content (AvgIpc) is 2.25. The second kappa shape index (κ2) is 5.54. The largest absolute Gasteiger partial charge is 0.341 e. The Kier molecular flexibility index (Phi) is 4.35. The normalized spacial score (nSPS) is 10.0. The molecule has 88 valence electrons. The van der Waals surface area contributed by atoms with Crippen molar-refractivity contribution in [3.05, 3.63) is 34.4 Å². The van der Waals surface area contributed by atoms with Crippen LogP contribution in [0.1, 0.15) is 22.3 Å². The minimum Gasteiger partial charge on any atom is -0.341 e. The van der Waals surface area contributed by atoms with E-state index in [4.69, 9.17) is 0 Å². The Balaban J connectivity index is 2.60. The van der Waals surface area contributed by atoms with E-state index in [1.165, 1.54) is 22.3 Å². The van der Waals surface area contributed by atoms with Crippen molar-refractivity contribution in [2.45, 2.75) is 27.2 Å². The molecule has 0 aliphatic carbocycles. The SMILES string of the molecule is CNC(=O)NCCc1cc(C)c(C)cc1C. The molecule has 2 amide bonds. The predicted octanol–water partition coefficient (Wildman–Crippen LogP) is 2.08. The zero-order valence-electron chi connectivity index (χ0n) is 10.5. The number of nitrogens with one attached hydrogen (secondary N) is 2. The fourth-order valence-electron chi connectivity index (χ4n) is 1.69. The summed E-state index contributed by atoms with van der Waals surface area (Å²) in [6.07, 6.45) is 0.875. The monoisotopic (exact) mass is 220 g/mol. The first-order valence-electron chi connectivity index (χ1n) is 5.57. The molecule has 0 heterocycles. The molecule has 0 aromatic heterocycles. The molecule has 2 N–H and O–H groups in total. The minimum atomic E-state index is -0.124. The lowest BCUT2D eigenvalue weighted by molar-refractivity contribution is 0.243. The van der Waals surface area contributed by atoms with Crippen molar-refractivity contribution in [2.24, 2.45) is 0 Å². The number of amides is 2. The molecule has 0 saturated heterocycles. The number of benzene rings is 1. The number of aryl methyl sites for hydroxylation is 3. The van der Waals surface area contributed by atoms with Gasteiger partial charge in [0.15, 0.2) is 0 Å². The van der Waals surface area contributed by atoms with Gasteiger partial charge in [-0.05, 0) is 49.4 Å². The first kappa shape index (κ1) is 12.6. The number of carbonyl (C=O) groups excluding carboxylic acids is 1. The molecule has 16 heavy (non-hydrogen) atoms. The van der Waals surface area contributed by atoms with Crippen molar-refractivity contribution < 1.29 is 4.79 Å². The maximum atomic E-state index is 11.0. The number of carbonyl (C=O) groups is 1. The number of hydrogen-bond acceptors (Lipinski definition) is 1. The van der Waals surface area contributed by atoms with Crippen LogP contribution in [0.5, 0.6) is 0 Å². The van der Waals surface area contributed by atoms with Crippen LogP contribution in [0.2, 0.25) is 0 Å². The van der Waals surface area contributed by atoms with Gasteiger partial charge in [-0.15, -0.1) is 0 Å². The van der Waals surface area contributed by atoms with E-state index < -0.39 is 0 Å². The van der Waals surface area contributed by atoms with Crippen LogP contribution in [-0.2, 0) is 6.42 Å². The van der Waals surface area contributed by atoms with Gasteiger partial charge < -0.3 is 10.6 Å². The van der Waals surface area contributed by atoms with Gasteiger partial charge in [0.25, 0.3) is 0 Å². The van der Waals surface area contributed by atoms with E-state index >= 15 is 0 Å². The van der Waals surface area contributed by atoms with Crippen LogP contribution in [0.4, 0.5) is 4.79 Å². The lowest BCUT2D eigenvalue weighted by Crippen LogP contribution is -2.34. The molecule has 0 bridgehead atoms. The van der Waals surface area contributed by atoms with Gasteiger partial charge in [-0.25, -0.2) is 4.79 Å². The summed E-state index contributed by atoms with van der Waals surface area (Å²) in [5.41, 5.74) is 5.22. The van der Waals surface area contributed by atoms with Gasteiger partial charge in [0.2, 0.25) is 0 Å². The first-order chi connectivity index (χ1) is 7.54. The van der Waals surface area contributed by atoms with Gasteiger partial charge >= 0.3 is 6.03 Å². The van der Waals surface area contributed by atoms with Crippen molar-refractivity contribution in [1.82, 2.24) is 10.6 Å². The molecule has 0 aliphatic heterocycles. The third-order valence-electron chi connectivity index (χ3n) is 2.86. The van der Waals surface area contributed by atoms with Crippen molar-refractivity contribution in [2.75, 3.05) is 13.6 Å². The van der Waals surface area contributed by atoms with Crippen LogP contribution in [0, 0.1) is 20.8 Å². The van der Waals surface area contributed by atoms with Crippen molar-refractivity contribution in [3.8, 4) is 0 Å². The van der Waals surface area contributed by atoms with E-state index in [0.717, 1.165) is 6.42 Å². The highest BCUT2D eigenvalue weighted by Gasteiger charge is 2.02. The molecule has 0 atom stereocenters. The second-order valence-electron chi connectivity index (χ2n) is 4.12. The van der Waals surface area contributed by atoms with Crippen molar-refractivity contribution >= 4 is 6.03 Å². The van der Waals surface area contributed by atoms with E-state index in [1.807, 2.05) is 0 Å². The third-order valence-corrected chi connectivity index (χ3v) is 2.86. The molecule has 1 aromatic carbocycles. The first-order valence-corrected chi connectivity index (χ1v) is 5.57. The zero-order chi connectivity index (χ0) is 12.1. The summed E-state index contributed by atoms with van der Waals surface area (Å²) < 4.78 is 0. The van der Waals surface area contributed by atoms with Crippen molar-refractivity contribution in [1.29, 1.82) is 0 Å². The van der Waals surface area contributed by atoms with Crippen LogP contribution in [-0.4, -0.2) is 19.6 Å². The maximum Gasteiger partial charge on any atom is 0.314 e. The Morgan fingerprint density at radius 2 is 1.75 bits per heavy atom. The highest BCUT2D eigenvalue weighted by molar-refractivity contribution is 5.73. The highest BCUT2D eigenvalue weighted by atomic mass is 16.2. The van der Waals surface area contributed by atoms with E-state index in [2.05, 4.69) is 43.5 Å². The van der Waals surface area contributed by atoms with Gasteiger partial charge in [-0.2, -0.15) is 0 Å². The Bertz CT molecular complexity index is 386. The second-order valence-corrected chi connectivity index (χ2v) is 4.12. The molecule has 0 radical (unpaired) electrons. The molecule has 0 spiro atoms. The quantitative estimate of drug-likeness (QED) is 0.804. The Hall–Kier alpha value is -1.51. The average molecular weight is 220 g/mol. The van der Waals surface area contributed by atoms with Crippen LogP contribution in [0.3, 0.4) is 0 Å². The summed E-state index contributed by atoms with van der Waals surface area (Å²) in [4.78, 5) is 11.0. The summed E-state index contributed by atoms with van der Waals surface area (Å²) in [5.74, 6) is 0. The number of hydrogen-bond donors (Lipinski definition) is 2. The van der Waals surface area contributed by atoms with Crippen LogP contribution >= 0.6 is 0 Å². The molecule has 1 rings (SSSR count). The lowest BCUT2D eigenvalue weighted by Gasteiger charge is -2.10. The van der Waals surface area contributed by atoms with Gasteiger partial charge in [-0.3, -0.25) is 0 Å². The highest BCUT2D eigenvalue weighted by Crippen LogP contribution is 2.15. The van der Waals surface area contributed by atoms with Crippen LogP contribution in [0.15, 0.2) is 12.1 Å². The van der Waals surface area contributed by atoms with Crippen LogP contribution < -0.4 is 10.6 Å². The van der Waals surface area contributed by atoms with Crippen molar-refractivity contribution in [3.63, 3.8) is 0 Å². The molecular weight excluding hydrogens is 200 g/mol. The summed E-state index contributed by atoms with van der Waals surface area (Å²) in [6, 6.07) is 4.28. The summed E-state index contributed by atoms with van der Waals surface area (Å²) in [5, 5.41) is 5.33. The van der Waals surface area contributed by atoms with E-state index in [0.29, 0.717) is 6.54 Å². The topological polar surface area (TPSA) is 41.1 Å². The molecule has 3 heteroatoms. The number of rotatable bonds is 3. The molecule has 0 saturated carbocycles. The minimum absolute atomic E-state index is 0.124. The summed E-state index contributed by atoms with van der Waals surface area (Å²) in [6.45, 7) is 7.02. The molecule has 0 unspecified atom stereocenters. The van der Waals surface area contributed by atoms with E-state index in [1.54, 1.807) is 7.05 Å². The molecular formula is C13H20N2O. The lowest BCUT2D eigenvalue weighted by atomic mass is 9.99. The predicted molar refractivity (Wildman–Crippen MR) is 66.8 cm³/mol. The molecule has 0 fully saturated rings. The molecule has 3 nitrogen and oxygen atoms in total. The van der Waals surface area contributed by atoms with Gasteiger partial charge in [0.1, 0.15) is 0 Å². The summed E-state index contributed by atoms with van der Waals surface area (Å²) >= 11 is 0. The Labute approximate surface area is 97.2 Å². The smallest absolute Gasteiger partial charge is 0.314 e. The summed E-state index contributed by atoms with van der Waals surface area (Å²) in [7, 11) is 1.62. The third kappa shape index (κ3) is 3.26. The van der Waals surface area contributed by atoms with E-state index in [-0.39, 0.29) is 6.03 Å². The Morgan fingerprint density at radius 1 is 1.12 bits per heavy atom. The Morgan fingerprint density at radius 3 is 2.38 bits per heavy atom. The fraction of sp³-hybridized carbons (Fsp3) is 0.462. The fourth-order valence-corrected chi connectivity index (χ4v) is 1.69.